The fourth-order valence-electron chi connectivity index (χ4n) is 2.83. The van der Waals surface area contributed by atoms with Gasteiger partial charge in [-0.25, -0.2) is 4.98 Å². The standard InChI is InChI=1S/C14H22N6/c1-4-7-15-13-18-11-10(16-9-17-11)12(19-13)20-8-5-6-14(20,2)3/h9H,4-8H2,1-3H3,(H2,15,16,17,18,19). The lowest BCUT2D eigenvalue weighted by atomic mass is 10.0. The van der Waals surface area contributed by atoms with Gasteiger partial charge in [-0.1, -0.05) is 6.92 Å². The third kappa shape index (κ3) is 2.19. The van der Waals surface area contributed by atoms with Crippen LogP contribution in [0.4, 0.5) is 11.8 Å². The van der Waals surface area contributed by atoms with Gasteiger partial charge >= 0.3 is 0 Å². The Hall–Kier alpha value is -1.85. The van der Waals surface area contributed by atoms with E-state index < -0.39 is 0 Å². The van der Waals surface area contributed by atoms with Gasteiger partial charge < -0.3 is 15.2 Å². The maximum atomic E-state index is 4.72. The number of aromatic amines is 1. The van der Waals surface area contributed by atoms with Crippen LogP contribution in [0.5, 0.6) is 0 Å². The highest BCUT2D eigenvalue weighted by molar-refractivity contribution is 5.84. The third-order valence-corrected chi connectivity index (χ3v) is 3.96. The number of hydrogen-bond acceptors (Lipinski definition) is 5. The molecule has 0 unspecified atom stereocenters. The number of rotatable bonds is 4. The number of nitrogens with zero attached hydrogens (tertiary/aromatic N) is 4. The molecule has 1 saturated heterocycles. The molecule has 0 amide bonds. The Morgan fingerprint density at radius 3 is 2.95 bits per heavy atom. The highest BCUT2D eigenvalue weighted by Gasteiger charge is 2.34. The van der Waals surface area contributed by atoms with Crippen molar-refractivity contribution in [1.29, 1.82) is 0 Å². The molecule has 1 aliphatic heterocycles. The minimum Gasteiger partial charge on any atom is -0.354 e. The van der Waals surface area contributed by atoms with Gasteiger partial charge in [0.15, 0.2) is 11.5 Å². The summed E-state index contributed by atoms with van der Waals surface area (Å²) in [6.07, 6.45) is 5.12. The quantitative estimate of drug-likeness (QED) is 0.896. The van der Waals surface area contributed by atoms with Crippen LogP contribution in [0.2, 0.25) is 0 Å². The summed E-state index contributed by atoms with van der Waals surface area (Å²) in [5.74, 6) is 1.64. The van der Waals surface area contributed by atoms with Crippen LogP contribution in [0.3, 0.4) is 0 Å². The number of hydrogen-bond donors (Lipinski definition) is 2. The van der Waals surface area contributed by atoms with E-state index in [4.69, 9.17) is 4.98 Å². The Balaban J connectivity index is 2.05. The summed E-state index contributed by atoms with van der Waals surface area (Å²) in [6.45, 7) is 8.57. The molecule has 20 heavy (non-hydrogen) atoms. The SMILES string of the molecule is CCCNc1nc(N2CCCC2(C)C)c2[nH]cnc2n1. The average Bonchev–Trinajstić information content (AvgIpc) is 3.01. The lowest BCUT2D eigenvalue weighted by molar-refractivity contribution is 0.515. The summed E-state index contributed by atoms with van der Waals surface area (Å²) < 4.78 is 0. The lowest BCUT2D eigenvalue weighted by Crippen LogP contribution is -2.39. The Kier molecular flexibility index (Phi) is 3.23. The highest BCUT2D eigenvalue weighted by atomic mass is 15.3. The second-order valence-electron chi connectivity index (χ2n) is 5.97. The Morgan fingerprint density at radius 1 is 1.40 bits per heavy atom. The van der Waals surface area contributed by atoms with Crippen LogP contribution in [-0.4, -0.2) is 38.6 Å². The number of nitrogens with one attached hydrogen (secondary N) is 2. The molecule has 3 rings (SSSR count). The van der Waals surface area contributed by atoms with Crippen molar-refractivity contribution in [2.24, 2.45) is 0 Å². The molecule has 0 radical (unpaired) electrons. The van der Waals surface area contributed by atoms with Crippen LogP contribution in [0.1, 0.15) is 40.0 Å². The molecule has 2 N–H and O–H groups in total. The van der Waals surface area contributed by atoms with Gasteiger partial charge in [-0.15, -0.1) is 0 Å². The maximum Gasteiger partial charge on any atom is 0.226 e. The molecule has 2 aromatic rings. The van der Waals surface area contributed by atoms with Crippen molar-refractivity contribution in [3.8, 4) is 0 Å². The van der Waals surface area contributed by atoms with Gasteiger partial charge in [-0.2, -0.15) is 9.97 Å². The largest absolute Gasteiger partial charge is 0.354 e. The Morgan fingerprint density at radius 2 is 2.25 bits per heavy atom. The second-order valence-corrected chi connectivity index (χ2v) is 5.97. The zero-order chi connectivity index (χ0) is 14.2. The van der Waals surface area contributed by atoms with Gasteiger partial charge in [-0.3, -0.25) is 0 Å². The summed E-state index contributed by atoms with van der Waals surface area (Å²) in [6, 6.07) is 0. The summed E-state index contributed by atoms with van der Waals surface area (Å²) in [5, 5.41) is 3.26. The summed E-state index contributed by atoms with van der Waals surface area (Å²) in [5.41, 5.74) is 1.80. The van der Waals surface area contributed by atoms with Crippen molar-refractivity contribution >= 4 is 22.9 Å². The monoisotopic (exact) mass is 274 g/mol. The molecule has 0 bridgehead atoms. The van der Waals surface area contributed by atoms with Crippen LogP contribution < -0.4 is 10.2 Å². The summed E-state index contributed by atoms with van der Waals surface area (Å²) >= 11 is 0. The fraction of sp³-hybridized carbons (Fsp3) is 0.643. The van der Waals surface area contributed by atoms with Crippen molar-refractivity contribution in [2.75, 3.05) is 23.3 Å². The van der Waals surface area contributed by atoms with E-state index in [9.17, 15) is 0 Å². The third-order valence-electron chi connectivity index (χ3n) is 3.96. The van der Waals surface area contributed by atoms with Crippen LogP contribution >= 0.6 is 0 Å². The van der Waals surface area contributed by atoms with Crippen molar-refractivity contribution in [3.05, 3.63) is 6.33 Å². The number of fused-ring (bicyclic) bond motifs is 1. The van der Waals surface area contributed by atoms with Gasteiger partial charge in [0, 0.05) is 18.6 Å². The highest BCUT2D eigenvalue weighted by Crippen LogP contribution is 2.35. The zero-order valence-electron chi connectivity index (χ0n) is 12.4. The van der Waals surface area contributed by atoms with E-state index in [1.165, 1.54) is 12.8 Å². The van der Waals surface area contributed by atoms with Gasteiger partial charge in [-0.05, 0) is 33.1 Å². The van der Waals surface area contributed by atoms with E-state index >= 15 is 0 Å². The minimum atomic E-state index is 0.133. The number of H-pyrrole nitrogens is 1. The molecule has 1 fully saturated rings. The topological polar surface area (TPSA) is 69.7 Å². The van der Waals surface area contributed by atoms with E-state index in [-0.39, 0.29) is 5.54 Å². The van der Waals surface area contributed by atoms with Gasteiger partial charge in [0.1, 0.15) is 5.52 Å². The molecule has 1 aliphatic rings. The molecule has 6 nitrogen and oxygen atoms in total. The van der Waals surface area contributed by atoms with Gasteiger partial charge in [0.05, 0.1) is 6.33 Å². The number of anilines is 2. The maximum absolute atomic E-state index is 4.72. The van der Waals surface area contributed by atoms with E-state index in [1.54, 1.807) is 6.33 Å². The molecule has 0 saturated carbocycles. The summed E-state index contributed by atoms with van der Waals surface area (Å²) in [7, 11) is 0. The smallest absolute Gasteiger partial charge is 0.226 e. The lowest BCUT2D eigenvalue weighted by Gasteiger charge is -2.32. The van der Waals surface area contributed by atoms with E-state index in [2.05, 4.69) is 45.9 Å². The first-order valence-electron chi connectivity index (χ1n) is 7.34. The predicted octanol–water partition coefficient (Wildman–Crippen LogP) is 2.55. The molecule has 0 aliphatic carbocycles. The van der Waals surface area contributed by atoms with Crippen LogP contribution in [-0.2, 0) is 0 Å². The normalized spacial score (nSPS) is 17.9. The zero-order valence-corrected chi connectivity index (χ0v) is 12.4. The van der Waals surface area contributed by atoms with Crippen LogP contribution in [0, 0.1) is 0 Å². The van der Waals surface area contributed by atoms with Crippen molar-refractivity contribution in [3.63, 3.8) is 0 Å². The predicted molar refractivity (Wildman–Crippen MR) is 81.1 cm³/mol. The van der Waals surface area contributed by atoms with Crippen molar-refractivity contribution in [2.45, 2.75) is 45.6 Å². The molecule has 0 atom stereocenters. The first-order valence-corrected chi connectivity index (χ1v) is 7.34. The molecule has 0 spiro atoms. The van der Waals surface area contributed by atoms with E-state index in [0.717, 1.165) is 36.5 Å². The molecule has 2 aromatic heterocycles. The van der Waals surface area contributed by atoms with E-state index in [0.29, 0.717) is 5.95 Å². The number of imidazole rings is 1. The molecular weight excluding hydrogens is 252 g/mol. The van der Waals surface area contributed by atoms with Gasteiger partial charge in [0.2, 0.25) is 5.95 Å². The number of aromatic nitrogens is 4. The molecule has 0 aromatic carbocycles. The van der Waals surface area contributed by atoms with Gasteiger partial charge in [0.25, 0.3) is 0 Å². The first-order chi connectivity index (χ1) is 9.62. The Bertz CT molecular complexity index is 603. The average molecular weight is 274 g/mol. The molecule has 6 heteroatoms. The summed E-state index contributed by atoms with van der Waals surface area (Å²) in [4.78, 5) is 19.0. The van der Waals surface area contributed by atoms with Crippen LogP contribution in [0.15, 0.2) is 6.33 Å². The van der Waals surface area contributed by atoms with Crippen LogP contribution in [0.25, 0.3) is 11.2 Å². The van der Waals surface area contributed by atoms with Crippen molar-refractivity contribution in [1.82, 2.24) is 19.9 Å². The first kappa shape index (κ1) is 13.1. The fourth-order valence-corrected chi connectivity index (χ4v) is 2.83. The Labute approximate surface area is 119 Å². The minimum absolute atomic E-state index is 0.133. The van der Waals surface area contributed by atoms with E-state index in [1.807, 2.05) is 0 Å². The molecular formula is C14H22N6. The van der Waals surface area contributed by atoms with Crippen molar-refractivity contribution < 1.29 is 0 Å². The second kappa shape index (κ2) is 4.92. The molecule has 3 heterocycles. The molecule has 108 valence electrons.